The maximum absolute atomic E-state index is 5.73. The highest BCUT2D eigenvalue weighted by atomic mass is 16.5. The van der Waals surface area contributed by atoms with Gasteiger partial charge in [-0.05, 0) is 37.6 Å². The Hall–Kier alpha value is -1.10. The van der Waals surface area contributed by atoms with Crippen LogP contribution in [0.5, 0.6) is 5.75 Å². The summed E-state index contributed by atoms with van der Waals surface area (Å²) in [5.41, 5.74) is 8.10. The lowest BCUT2D eigenvalue weighted by molar-refractivity contribution is 0.309. The first kappa shape index (κ1) is 16.3. The first-order valence-electron chi connectivity index (χ1n) is 8.20. The average Bonchev–Trinajstić information content (AvgIpc) is 2.87. The van der Waals surface area contributed by atoms with Crippen molar-refractivity contribution in [2.45, 2.75) is 45.7 Å². The van der Waals surface area contributed by atoms with E-state index in [1.54, 1.807) is 0 Å². The van der Waals surface area contributed by atoms with Crippen molar-refractivity contribution in [2.75, 3.05) is 19.7 Å². The number of hydrazine groups is 1. The SMILES string of the molecule is CCCCOc1ccc(C2NNC(C)C2CNCC)cc1. The van der Waals surface area contributed by atoms with Gasteiger partial charge in [0, 0.05) is 18.5 Å². The fourth-order valence-corrected chi connectivity index (χ4v) is 2.77. The molecular weight excluding hydrogens is 262 g/mol. The Labute approximate surface area is 128 Å². The van der Waals surface area contributed by atoms with Crippen molar-refractivity contribution in [3.05, 3.63) is 29.8 Å². The summed E-state index contributed by atoms with van der Waals surface area (Å²) in [7, 11) is 0. The molecule has 4 heteroatoms. The van der Waals surface area contributed by atoms with Crippen LogP contribution in [0.1, 0.15) is 45.2 Å². The predicted octanol–water partition coefficient (Wildman–Crippen LogP) is 2.63. The van der Waals surface area contributed by atoms with E-state index in [2.05, 4.69) is 61.2 Å². The third-order valence-corrected chi connectivity index (χ3v) is 4.17. The van der Waals surface area contributed by atoms with Crippen LogP contribution in [0.2, 0.25) is 0 Å². The monoisotopic (exact) mass is 291 g/mol. The summed E-state index contributed by atoms with van der Waals surface area (Å²) in [4.78, 5) is 0. The average molecular weight is 291 g/mol. The standard InChI is InChI=1S/C17H29N3O/c1-4-6-11-21-15-9-7-14(8-10-15)17-16(12-18-5-2)13(3)19-20-17/h7-10,13,16-20H,4-6,11-12H2,1-3H3. The molecule has 3 unspecified atom stereocenters. The first-order valence-corrected chi connectivity index (χ1v) is 8.20. The van der Waals surface area contributed by atoms with E-state index in [0.29, 0.717) is 18.0 Å². The minimum Gasteiger partial charge on any atom is -0.494 e. The van der Waals surface area contributed by atoms with Gasteiger partial charge in [-0.3, -0.25) is 5.43 Å². The Morgan fingerprint density at radius 3 is 2.57 bits per heavy atom. The molecule has 1 aromatic carbocycles. The molecule has 1 aromatic rings. The van der Waals surface area contributed by atoms with E-state index < -0.39 is 0 Å². The van der Waals surface area contributed by atoms with Crippen molar-refractivity contribution < 1.29 is 4.74 Å². The summed E-state index contributed by atoms with van der Waals surface area (Å²) >= 11 is 0. The second-order valence-corrected chi connectivity index (χ2v) is 5.80. The van der Waals surface area contributed by atoms with E-state index in [9.17, 15) is 0 Å². The van der Waals surface area contributed by atoms with Gasteiger partial charge in [0.1, 0.15) is 5.75 Å². The number of ether oxygens (including phenoxy) is 1. The Bertz CT molecular complexity index is 407. The van der Waals surface area contributed by atoms with Crippen LogP contribution in [0, 0.1) is 5.92 Å². The van der Waals surface area contributed by atoms with E-state index in [0.717, 1.165) is 31.9 Å². The first-order chi connectivity index (χ1) is 10.3. The fraction of sp³-hybridized carbons (Fsp3) is 0.647. The Balaban J connectivity index is 1.96. The molecule has 3 atom stereocenters. The minimum absolute atomic E-state index is 0.351. The molecule has 118 valence electrons. The van der Waals surface area contributed by atoms with Crippen molar-refractivity contribution in [3.63, 3.8) is 0 Å². The number of hydrogen-bond acceptors (Lipinski definition) is 4. The van der Waals surface area contributed by atoms with Crippen LogP contribution in [0.15, 0.2) is 24.3 Å². The second kappa shape index (κ2) is 8.37. The zero-order valence-corrected chi connectivity index (χ0v) is 13.5. The van der Waals surface area contributed by atoms with E-state index in [4.69, 9.17) is 4.74 Å². The zero-order valence-electron chi connectivity index (χ0n) is 13.5. The molecule has 21 heavy (non-hydrogen) atoms. The van der Waals surface area contributed by atoms with Gasteiger partial charge < -0.3 is 10.1 Å². The predicted molar refractivity (Wildman–Crippen MR) is 87.4 cm³/mol. The molecule has 1 aliphatic heterocycles. The van der Waals surface area contributed by atoms with Gasteiger partial charge in [-0.15, -0.1) is 0 Å². The summed E-state index contributed by atoms with van der Waals surface area (Å²) in [5, 5.41) is 3.46. The quantitative estimate of drug-likeness (QED) is 0.644. The summed E-state index contributed by atoms with van der Waals surface area (Å²) in [6.07, 6.45) is 2.28. The maximum Gasteiger partial charge on any atom is 0.119 e. The second-order valence-electron chi connectivity index (χ2n) is 5.80. The van der Waals surface area contributed by atoms with Gasteiger partial charge in [0.15, 0.2) is 0 Å². The number of rotatable bonds is 8. The van der Waals surface area contributed by atoms with Gasteiger partial charge in [-0.1, -0.05) is 32.4 Å². The molecule has 0 aliphatic carbocycles. The molecule has 0 bridgehead atoms. The Morgan fingerprint density at radius 2 is 1.90 bits per heavy atom. The smallest absolute Gasteiger partial charge is 0.119 e. The van der Waals surface area contributed by atoms with Crippen molar-refractivity contribution in [2.24, 2.45) is 5.92 Å². The normalized spacial score (nSPS) is 25.2. The Kier molecular flexibility index (Phi) is 6.49. The van der Waals surface area contributed by atoms with Crippen LogP contribution in [0.4, 0.5) is 0 Å². The number of nitrogens with one attached hydrogen (secondary N) is 3. The van der Waals surface area contributed by atoms with Crippen molar-refractivity contribution in [1.82, 2.24) is 16.2 Å². The summed E-state index contributed by atoms with van der Waals surface area (Å²) in [6, 6.07) is 9.34. The van der Waals surface area contributed by atoms with Gasteiger partial charge >= 0.3 is 0 Å². The summed E-state index contributed by atoms with van der Waals surface area (Å²) in [5.74, 6) is 1.52. The molecule has 0 radical (unpaired) electrons. The van der Waals surface area contributed by atoms with Crippen LogP contribution in [0.25, 0.3) is 0 Å². The molecule has 0 saturated carbocycles. The van der Waals surface area contributed by atoms with Gasteiger partial charge in [0.2, 0.25) is 0 Å². The lowest BCUT2D eigenvalue weighted by Crippen LogP contribution is -2.32. The molecule has 0 aromatic heterocycles. The molecule has 2 rings (SSSR count). The van der Waals surface area contributed by atoms with Crippen LogP contribution in [0.3, 0.4) is 0 Å². The summed E-state index contributed by atoms with van der Waals surface area (Å²) in [6.45, 7) is 9.41. The highest BCUT2D eigenvalue weighted by Crippen LogP contribution is 2.29. The molecule has 1 heterocycles. The molecule has 0 spiro atoms. The zero-order chi connectivity index (χ0) is 15.1. The highest BCUT2D eigenvalue weighted by molar-refractivity contribution is 5.30. The lowest BCUT2D eigenvalue weighted by Gasteiger charge is -2.21. The topological polar surface area (TPSA) is 45.3 Å². The van der Waals surface area contributed by atoms with Crippen molar-refractivity contribution >= 4 is 0 Å². The van der Waals surface area contributed by atoms with E-state index >= 15 is 0 Å². The number of unbranched alkanes of at least 4 members (excludes halogenated alkanes) is 1. The molecule has 1 fully saturated rings. The third-order valence-electron chi connectivity index (χ3n) is 4.17. The van der Waals surface area contributed by atoms with E-state index in [1.165, 1.54) is 12.0 Å². The van der Waals surface area contributed by atoms with Crippen LogP contribution in [-0.4, -0.2) is 25.7 Å². The maximum atomic E-state index is 5.73. The summed E-state index contributed by atoms with van der Waals surface area (Å²) < 4.78 is 5.73. The number of benzene rings is 1. The van der Waals surface area contributed by atoms with Crippen LogP contribution in [-0.2, 0) is 0 Å². The van der Waals surface area contributed by atoms with Crippen molar-refractivity contribution in [1.29, 1.82) is 0 Å². The van der Waals surface area contributed by atoms with E-state index in [1.807, 2.05) is 0 Å². The molecule has 1 saturated heterocycles. The van der Waals surface area contributed by atoms with Crippen molar-refractivity contribution in [3.8, 4) is 5.75 Å². The van der Waals surface area contributed by atoms with Crippen LogP contribution >= 0.6 is 0 Å². The molecule has 1 aliphatic rings. The molecular formula is C17H29N3O. The lowest BCUT2D eigenvalue weighted by atomic mass is 9.90. The van der Waals surface area contributed by atoms with Gasteiger partial charge in [0.05, 0.1) is 12.6 Å². The van der Waals surface area contributed by atoms with Gasteiger partial charge in [0.25, 0.3) is 0 Å². The molecule has 0 amide bonds. The highest BCUT2D eigenvalue weighted by Gasteiger charge is 2.33. The van der Waals surface area contributed by atoms with Crippen LogP contribution < -0.4 is 20.9 Å². The third kappa shape index (κ3) is 4.43. The fourth-order valence-electron chi connectivity index (χ4n) is 2.77. The molecule has 4 nitrogen and oxygen atoms in total. The minimum atomic E-state index is 0.351. The largest absolute Gasteiger partial charge is 0.494 e. The van der Waals surface area contributed by atoms with Gasteiger partial charge in [-0.25, -0.2) is 5.43 Å². The van der Waals surface area contributed by atoms with E-state index in [-0.39, 0.29) is 0 Å². The Morgan fingerprint density at radius 1 is 1.14 bits per heavy atom. The number of hydrogen-bond donors (Lipinski definition) is 3. The van der Waals surface area contributed by atoms with Gasteiger partial charge in [-0.2, -0.15) is 0 Å². The molecule has 3 N–H and O–H groups in total.